The Morgan fingerprint density at radius 1 is 1.38 bits per heavy atom. The lowest BCUT2D eigenvalue weighted by molar-refractivity contribution is -0.127. The molecule has 1 atom stereocenters. The van der Waals surface area contributed by atoms with Gasteiger partial charge in [0.15, 0.2) is 0 Å². The minimum atomic E-state index is -0.686. The molecule has 0 saturated heterocycles. The average molecular weight is 329 g/mol. The molecule has 0 bridgehead atoms. The third kappa shape index (κ3) is 4.27. The van der Waals surface area contributed by atoms with Gasteiger partial charge in [-0.1, -0.05) is 37.5 Å². The molecule has 0 radical (unpaired) electrons. The van der Waals surface area contributed by atoms with E-state index in [9.17, 15) is 10.1 Å². The Hall–Kier alpha value is -2.06. The number of hydrogen-bond donors (Lipinski definition) is 1. The predicted molar refractivity (Wildman–Crippen MR) is 93.5 cm³/mol. The van der Waals surface area contributed by atoms with Gasteiger partial charge in [-0.2, -0.15) is 5.26 Å². The molecule has 5 nitrogen and oxygen atoms in total. The van der Waals surface area contributed by atoms with Gasteiger partial charge in [-0.05, 0) is 32.9 Å². The van der Waals surface area contributed by atoms with Crippen LogP contribution in [0.4, 0.5) is 0 Å². The molecule has 0 aliphatic heterocycles. The number of ether oxygens (including phenoxy) is 1. The molecule has 1 saturated carbocycles. The lowest BCUT2D eigenvalue weighted by atomic mass is 9.82. The number of para-hydroxylation sites is 1. The number of nitrogens with zero attached hydrogens (tertiary/aromatic N) is 2. The van der Waals surface area contributed by atoms with Crippen molar-refractivity contribution >= 4 is 5.91 Å². The molecule has 1 N–H and O–H groups in total. The van der Waals surface area contributed by atoms with Crippen molar-refractivity contribution < 1.29 is 9.53 Å². The number of benzene rings is 1. The molecule has 0 spiro atoms. The van der Waals surface area contributed by atoms with Crippen LogP contribution in [0.3, 0.4) is 0 Å². The number of nitriles is 1. The summed E-state index contributed by atoms with van der Waals surface area (Å²) >= 11 is 0. The molecule has 24 heavy (non-hydrogen) atoms. The summed E-state index contributed by atoms with van der Waals surface area (Å²) in [6.07, 6.45) is 4.64. The number of carbonyl (C=O) groups excluding carboxylic acids is 1. The van der Waals surface area contributed by atoms with Crippen molar-refractivity contribution in [2.45, 2.75) is 57.2 Å². The second kappa shape index (κ2) is 8.16. The van der Waals surface area contributed by atoms with Gasteiger partial charge in [0.25, 0.3) is 0 Å². The molecule has 1 unspecified atom stereocenters. The van der Waals surface area contributed by atoms with Crippen LogP contribution in [0.5, 0.6) is 5.75 Å². The number of carbonyl (C=O) groups is 1. The number of hydrogen-bond acceptors (Lipinski definition) is 4. The van der Waals surface area contributed by atoms with Crippen LogP contribution in [0, 0.1) is 11.3 Å². The van der Waals surface area contributed by atoms with Gasteiger partial charge < -0.3 is 10.1 Å². The Bertz CT molecular complexity index is 603. The first-order valence-electron chi connectivity index (χ1n) is 8.57. The summed E-state index contributed by atoms with van der Waals surface area (Å²) in [5.74, 6) is 0.730. The fourth-order valence-electron chi connectivity index (χ4n) is 3.20. The van der Waals surface area contributed by atoms with Crippen LogP contribution < -0.4 is 10.1 Å². The van der Waals surface area contributed by atoms with Crippen LogP contribution in [-0.4, -0.2) is 36.5 Å². The van der Waals surface area contributed by atoms with Crippen LogP contribution in [-0.2, 0) is 11.3 Å². The Morgan fingerprint density at radius 3 is 2.67 bits per heavy atom. The van der Waals surface area contributed by atoms with Gasteiger partial charge in [-0.3, -0.25) is 9.69 Å². The topological polar surface area (TPSA) is 65.4 Å². The first kappa shape index (κ1) is 18.3. The molecule has 1 amide bonds. The lowest BCUT2D eigenvalue weighted by Gasteiger charge is -2.34. The van der Waals surface area contributed by atoms with Gasteiger partial charge in [0.05, 0.1) is 19.2 Å². The van der Waals surface area contributed by atoms with Gasteiger partial charge >= 0.3 is 0 Å². The van der Waals surface area contributed by atoms with Crippen molar-refractivity contribution in [1.29, 1.82) is 5.26 Å². The van der Waals surface area contributed by atoms with Crippen LogP contribution in [0.25, 0.3) is 0 Å². The van der Waals surface area contributed by atoms with Crippen molar-refractivity contribution in [1.82, 2.24) is 10.2 Å². The number of likely N-dealkylation sites (N-methyl/N-ethyl adjacent to an activating group) is 1. The maximum absolute atomic E-state index is 12.6. The standard InChI is InChI=1S/C19H27N3O2/c1-15(18(23)21-19(14-20)11-7-4-8-12-19)22(2)13-16-9-5-6-10-17(16)24-3/h5-6,9-10,15H,4,7-8,11-13H2,1-3H3,(H,21,23). The van der Waals surface area contributed by atoms with Crippen molar-refractivity contribution in [3.8, 4) is 11.8 Å². The zero-order chi connectivity index (χ0) is 17.6. The van der Waals surface area contributed by atoms with Gasteiger partial charge in [0.2, 0.25) is 5.91 Å². The molecule has 0 aromatic heterocycles. The van der Waals surface area contributed by atoms with E-state index in [1.807, 2.05) is 43.1 Å². The first-order chi connectivity index (χ1) is 11.5. The van der Waals surface area contributed by atoms with E-state index in [-0.39, 0.29) is 11.9 Å². The van der Waals surface area contributed by atoms with E-state index in [1.54, 1.807) is 7.11 Å². The molecule has 130 valence electrons. The third-order valence-electron chi connectivity index (χ3n) is 4.94. The molecule has 1 aliphatic rings. The summed E-state index contributed by atoms with van der Waals surface area (Å²) in [5, 5.41) is 12.5. The SMILES string of the molecule is COc1ccccc1CN(C)C(C)C(=O)NC1(C#N)CCCCC1. The van der Waals surface area contributed by atoms with Crippen LogP contribution in [0.1, 0.15) is 44.6 Å². The smallest absolute Gasteiger partial charge is 0.238 e. The second-order valence-electron chi connectivity index (χ2n) is 6.65. The molecule has 0 heterocycles. The zero-order valence-electron chi connectivity index (χ0n) is 14.8. The number of amides is 1. The Balaban J connectivity index is 2.00. The van der Waals surface area contributed by atoms with E-state index in [2.05, 4.69) is 11.4 Å². The molecule has 1 fully saturated rings. The molecule has 5 heteroatoms. The number of rotatable bonds is 6. The highest BCUT2D eigenvalue weighted by molar-refractivity contribution is 5.82. The van der Waals surface area contributed by atoms with Gasteiger partial charge in [0.1, 0.15) is 11.3 Å². The highest BCUT2D eigenvalue weighted by Crippen LogP contribution is 2.28. The van der Waals surface area contributed by atoms with E-state index in [4.69, 9.17) is 4.74 Å². The van der Waals surface area contributed by atoms with Gasteiger partial charge in [-0.15, -0.1) is 0 Å². The molecular weight excluding hydrogens is 302 g/mol. The maximum Gasteiger partial charge on any atom is 0.238 e. The molecule has 2 rings (SSSR count). The van der Waals surface area contributed by atoms with Crippen molar-refractivity contribution in [2.75, 3.05) is 14.2 Å². The summed E-state index contributed by atoms with van der Waals surface area (Å²) in [5.41, 5.74) is 0.351. The minimum Gasteiger partial charge on any atom is -0.496 e. The highest BCUT2D eigenvalue weighted by Gasteiger charge is 2.35. The largest absolute Gasteiger partial charge is 0.496 e. The van der Waals surface area contributed by atoms with Crippen molar-refractivity contribution in [3.63, 3.8) is 0 Å². The van der Waals surface area contributed by atoms with Crippen molar-refractivity contribution in [3.05, 3.63) is 29.8 Å². The molecule has 1 aromatic rings. The number of methoxy groups -OCH3 is 1. The molecule has 1 aromatic carbocycles. The van der Waals surface area contributed by atoms with Gasteiger partial charge in [0, 0.05) is 12.1 Å². The van der Waals surface area contributed by atoms with E-state index in [0.29, 0.717) is 6.54 Å². The molecule has 1 aliphatic carbocycles. The summed E-state index contributed by atoms with van der Waals surface area (Å²) in [4.78, 5) is 14.6. The number of nitrogens with one attached hydrogen (secondary N) is 1. The molecular formula is C19H27N3O2. The van der Waals surface area contributed by atoms with Crippen LogP contribution >= 0.6 is 0 Å². The van der Waals surface area contributed by atoms with Crippen LogP contribution in [0.2, 0.25) is 0 Å². The monoisotopic (exact) mass is 329 g/mol. The fraction of sp³-hybridized carbons (Fsp3) is 0.579. The quantitative estimate of drug-likeness (QED) is 0.871. The second-order valence-corrected chi connectivity index (χ2v) is 6.65. The summed E-state index contributed by atoms with van der Waals surface area (Å²) in [7, 11) is 3.56. The van der Waals surface area contributed by atoms with E-state index in [1.165, 1.54) is 0 Å². The average Bonchev–Trinajstić information content (AvgIpc) is 2.62. The maximum atomic E-state index is 12.6. The predicted octanol–water partition coefficient (Wildman–Crippen LogP) is 2.86. The minimum absolute atomic E-state index is 0.0872. The normalized spacial score (nSPS) is 17.8. The van der Waals surface area contributed by atoms with Crippen molar-refractivity contribution in [2.24, 2.45) is 0 Å². The third-order valence-corrected chi connectivity index (χ3v) is 4.94. The Morgan fingerprint density at radius 2 is 2.04 bits per heavy atom. The highest BCUT2D eigenvalue weighted by atomic mass is 16.5. The van der Waals surface area contributed by atoms with Crippen LogP contribution in [0.15, 0.2) is 24.3 Å². The Kier molecular flexibility index (Phi) is 6.22. The summed E-state index contributed by atoms with van der Waals surface area (Å²) < 4.78 is 5.37. The zero-order valence-corrected chi connectivity index (χ0v) is 14.8. The van der Waals surface area contributed by atoms with E-state index < -0.39 is 5.54 Å². The van der Waals surface area contributed by atoms with E-state index >= 15 is 0 Å². The summed E-state index contributed by atoms with van der Waals surface area (Å²) in [6.45, 7) is 2.48. The lowest BCUT2D eigenvalue weighted by Crippen LogP contribution is -2.54. The van der Waals surface area contributed by atoms with Gasteiger partial charge in [-0.25, -0.2) is 0 Å². The van der Waals surface area contributed by atoms with E-state index in [0.717, 1.165) is 43.4 Å². The summed E-state index contributed by atoms with van der Waals surface area (Å²) in [6, 6.07) is 9.83. The first-order valence-corrected chi connectivity index (χ1v) is 8.57. The fourth-order valence-corrected chi connectivity index (χ4v) is 3.20. The Labute approximate surface area is 144 Å².